The van der Waals surface area contributed by atoms with Crippen LogP contribution in [0.25, 0.3) is 0 Å². The van der Waals surface area contributed by atoms with Crippen molar-refractivity contribution in [1.82, 2.24) is 10.2 Å². The Morgan fingerprint density at radius 3 is 2.00 bits per heavy atom. The number of nitrogens with one attached hydrogen (secondary N) is 1. The second-order valence-electron chi connectivity index (χ2n) is 11.2. The summed E-state index contributed by atoms with van der Waals surface area (Å²) in [7, 11) is -4.12. The average Bonchev–Trinajstić information content (AvgIpc) is 3.02. The fourth-order valence-electron chi connectivity index (χ4n) is 4.96. The molecule has 0 aliphatic carbocycles. The molecule has 0 aliphatic rings. The molecule has 8 heteroatoms. The van der Waals surface area contributed by atoms with Crippen LogP contribution in [0.1, 0.15) is 42.5 Å². The highest BCUT2D eigenvalue weighted by Crippen LogP contribution is 2.25. The number of hydrogen-bond acceptors (Lipinski definition) is 4. The van der Waals surface area contributed by atoms with E-state index in [9.17, 15) is 18.0 Å². The number of carbonyl (C=O) groups excluding carboxylic acids is 2. The van der Waals surface area contributed by atoms with Gasteiger partial charge in [-0.05, 0) is 62.6 Å². The monoisotopic (exact) mass is 611 g/mol. The van der Waals surface area contributed by atoms with Crippen LogP contribution in [0.5, 0.6) is 0 Å². The quantitative estimate of drug-likeness (QED) is 0.199. The molecule has 0 fully saturated rings. The normalized spacial score (nSPS) is 12.6. The molecule has 0 spiro atoms. The van der Waals surface area contributed by atoms with E-state index in [2.05, 4.69) is 5.32 Å². The highest BCUT2D eigenvalue weighted by molar-refractivity contribution is 7.92. The maximum atomic E-state index is 14.5. The molecular weight excluding hydrogens is 570 g/mol. The Morgan fingerprint density at radius 1 is 0.773 bits per heavy atom. The lowest BCUT2D eigenvalue weighted by Crippen LogP contribution is -2.54. The summed E-state index contributed by atoms with van der Waals surface area (Å²) < 4.78 is 29.3. The second kappa shape index (κ2) is 14.8. The third kappa shape index (κ3) is 8.35. The fourth-order valence-corrected chi connectivity index (χ4v) is 6.38. The number of benzene rings is 4. The van der Waals surface area contributed by atoms with E-state index in [1.807, 2.05) is 82.3 Å². The predicted molar refractivity (Wildman–Crippen MR) is 176 cm³/mol. The van der Waals surface area contributed by atoms with Crippen LogP contribution < -0.4 is 9.62 Å². The third-order valence-corrected chi connectivity index (χ3v) is 9.43. The van der Waals surface area contributed by atoms with Crippen molar-refractivity contribution in [2.45, 2.75) is 64.1 Å². The lowest BCUT2D eigenvalue weighted by Gasteiger charge is -2.34. The van der Waals surface area contributed by atoms with Crippen LogP contribution in [-0.4, -0.2) is 43.8 Å². The SMILES string of the molecule is CC[C@H](C)NC(=O)[C@H](Cc1ccccc1)N(Cc1cccc(C)c1)C(=O)CN(c1ccccc1)S(=O)(=O)c1ccc(C)cc1. The van der Waals surface area contributed by atoms with E-state index in [-0.39, 0.29) is 29.8 Å². The number of aryl methyl sites for hydroxylation is 2. The van der Waals surface area contributed by atoms with Crippen LogP contribution in [0.2, 0.25) is 0 Å². The number of carbonyl (C=O) groups is 2. The second-order valence-corrected chi connectivity index (χ2v) is 13.1. The van der Waals surface area contributed by atoms with E-state index in [0.717, 1.165) is 33.0 Å². The molecule has 0 aliphatic heterocycles. The topological polar surface area (TPSA) is 86.8 Å². The van der Waals surface area contributed by atoms with Gasteiger partial charge >= 0.3 is 0 Å². The van der Waals surface area contributed by atoms with Crippen LogP contribution >= 0.6 is 0 Å². The van der Waals surface area contributed by atoms with Crippen molar-refractivity contribution in [3.63, 3.8) is 0 Å². The van der Waals surface area contributed by atoms with E-state index >= 15 is 0 Å². The van der Waals surface area contributed by atoms with E-state index < -0.39 is 28.5 Å². The number of hydrogen-bond donors (Lipinski definition) is 1. The first-order chi connectivity index (χ1) is 21.1. The smallest absolute Gasteiger partial charge is 0.264 e. The summed E-state index contributed by atoms with van der Waals surface area (Å²) in [4.78, 5) is 30.0. The van der Waals surface area contributed by atoms with Crippen LogP contribution in [0.15, 0.2) is 114 Å². The minimum atomic E-state index is -4.12. The zero-order valence-corrected chi connectivity index (χ0v) is 26.6. The van der Waals surface area contributed by atoms with Crippen LogP contribution in [0.3, 0.4) is 0 Å². The van der Waals surface area contributed by atoms with Gasteiger partial charge in [-0.1, -0.05) is 103 Å². The molecule has 0 saturated carbocycles. The number of anilines is 1. The lowest BCUT2D eigenvalue weighted by molar-refractivity contribution is -0.140. The van der Waals surface area contributed by atoms with Crippen molar-refractivity contribution in [3.05, 3.63) is 131 Å². The highest BCUT2D eigenvalue weighted by atomic mass is 32.2. The summed E-state index contributed by atoms with van der Waals surface area (Å²) in [5.41, 5.74) is 4.05. The van der Waals surface area contributed by atoms with Gasteiger partial charge in [0.05, 0.1) is 10.6 Å². The number of amides is 2. The van der Waals surface area contributed by atoms with Crippen molar-refractivity contribution in [2.24, 2.45) is 0 Å². The van der Waals surface area contributed by atoms with E-state index in [4.69, 9.17) is 0 Å². The van der Waals surface area contributed by atoms with Gasteiger partial charge in [-0.3, -0.25) is 13.9 Å². The number of rotatable bonds is 13. The summed E-state index contributed by atoms with van der Waals surface area (Å²) in [5, 5.41) is 3.06. The van der Waals surface area contributed by atoms with E-state index in [0.29, 0.717) is 5.69 Å². The average molecular weight is 612 g/mol. The summed E-state index contributed by atoms with van der Waals surface area (Å²) in [6.45, 7) is 7.43. The summed E-state index contributed by atoms with van der Waals surface area (Å²) in [5.74, 6) is -0.761. The van der Waals surface area contributed by atoms with Gasteiger partial charge in [-0.2, -0.15) is 0 Å². The standard InChI is InChI=1S/C36H41N3O4S/c1-5-29(4)37-36(41)34(24-30-14-8-6-9-15-30)38(25-31-16-12-13-28(3)23-31)35(40)26-39(32-17-10-7-11-18-32)44(42,43)33-21-19-27(2)20-22-33/h6-23,29,34H,5,24-26H2,1-4H3,(H,37,41)/t29-,34-/m0/s1. The van der Waals surface area contributed by atoms with Crippen LogP contribution in [-0.2, 0) is 32.6 Å². The van der Waals surface area contributed by atoms with Gasteiger partial charge in [-0.15, -0.1) is 0 Å². The summed E-state index contributed by atoms with van der Waals surface area (Å²) in [6.07, 6.45) is 1.00. The largest absolute Gasteiger partial charge is 0.352 e. The first-order valence-electron chi connectivity index (χ1n) is 14.9. The minimum Gasteiger partial charge on any atom is -0.352 e. The van der Waals surface area contributed by atoms with Gasteiger partial charge < -0.3 is 10.2 Å². The lowest BCUT2D eigenvalue weighted by atomic mass is 10.0. The molecular formula is C36H41N3O4S. The van der Waals surface area contributed by atoms with Gasteiger partial charge in [0.15, 0.2) is 0 Å². The maximum Gasteiger partial charge on any atom is 0.264 e. The molecule has 1 N–H and O–H groups in total. The van der Waals surface area contributed by atoms with E-state index in [1.54, 1.807) is 54.6 Å². The Bertz CT molecular complexity index is 1640. The van der Waals surface area contributed by atoms with Gasteiger partial charge in [0.2, 0.25) is 11.8 Å². The Kier molecular flexibility index (Phi) is 11.0. The van der Waals surface area contributed by atoms with Crippen LogP contribution in [0, 0.1) is 13.8 Å². The molecule has 0 radical (unpaired) electrons. The van der Waals surface area contributed by atoms with Gasteiger partial charge in [-0.25, -0.2) is 8.42 Å². The van der Waals surface area contributed by atoms with Gasteiger partial charge in [0.1, 0.15) is 12.6 Å². The number of para-hydroxylation sites is 1. The van der Waals surface area contributed by atoms with Gasteiger partial charge in [0.25, 0.3) is 10.0 Å². The maximum absolute atomic E-state index is 14.5. The molecule has 0 bridgehead atoms. The molecule has 4 aromatic rings. The molecule has 0 heterocycles. The molecule has 7 nitrogen and oxygen atoms in total. The van der Waals surface area contributed by atoms with E-state index in [1.165, 1.54) is 4.90 Å². The Balaban J connectivity index is 1.79. The zero-order chi connectivity index (χ0) is 31.7. The van der Waals surface area contributed by atoms with Crippen molar-refractivity contribution in [3.8, 4) is 0 Å². The number of sulfonamides is 1. The van der Waals surface area contributed by atoms with Crippen molar-refractivity contribution >= 4 is 27.5 Å². The number of nitrogens with zero attached hydrogens (tertiary/aromatic N) is 2. The van der Waals surface area contributed by atoms with Crippen molar-refractivity contribution < 1.29 is 18.0 Å². The molecule has 4 rings (SSSR count). The molecule has 2 atom stereocenters. The first-order valence-corrected chi connectivity index (χ1v) is 16.4. The molecule has 0 aromatic heterocycles. The third-order valence-electron chi connectivity index (χ3n) is 7.64. The van der Waals surface area contributed by atoms with Crippen molar-refractivity contribution in [2.75, 3.05) is 10.8 Å². The van der Waals surface area contributed by atoms with Crippen molar-refractivity contribution in [1.29, 1.82) is 0 Å². The first kappa shape index (κ1) is 32.5. The molecule has 230 valence electrons. The van der Waals surface area contributed by atoms with Crippen LogP contribution in [0.4, 0.5) is 5.69 Å². The fraction of sp³-hybridized carbons (Fsp3) is 0.278. The highest BCUT2D eigenvalue weighted by Gasteiger charge is 2.35. The Morgan fingerprint density at radius 2 is 1.39 bits per heavy atom. The molecule has 2 amide bonds. The molecule has 0 unspecified atom stereocenters. The Labute approximate surface area is 261 Å². The Hall–Kier alpha value is -4.43. The molecule has 0 saturated heterocycles. The summed E-state index contributed by atoms with van der Waals surface area (Å²) in [6, 6.07) is 31.5. The predicted octanol–water partition coefficient (Wildman–Crippen LogP) is 6.05. The minimum absolute atomic E-state index is 0.0836. The summed E-state index contributed by atoms with van der Waals surface area (Å²) >= 11 is 0. The molecule has 4 aromatic carbocycles. The molecule has 44 heavy (non-hydrogen) atoms. The zero-order valence-electron chi connectivity index (χ0n) is 25.8. The van der Waals surface area contributed by atoms with Gasteiger partial charge in [0, 0.05) is 19.0 Å².